The molecule has 1 aromatic carbocycles. The zero-order chi connectivity index (χ0) is 20.0. The Morgan fingerprint density at radius 2 is 1.85 bits per heavy atom. The van der Waals surface area contributed by atoms with Gasteiger partial charge in [-0.25, -0.2) is 0 Å². The fourth-order valence-corrected chi connectivity index (χ4v) is 4.37. The van der Waals surface area contributed by atoms with Gasteiger partial charge < -0.3 is 14.8 Å². The molecule has 1 atom stereocenters. The highest BCUT2D eigenvalue weighted by Gasteiger charge is 2.54. The van der Waals surface area contributed by atoms with Gasteiger partial charge in [-0.15, -0.1) is 13.2 Å². The third kappa shape index (κ3) is 3.78. The molecule has 2 fully saturated rings. The summed E-state index contributed by atoms with van der Waals surface area (Å²) in [5.41, 5.74) is -0.453. The molecule has 2 aliphatic rings. The van der Waals surface area contributed by atoms with E-state index < -0.39 is 29.5 Å². The minimum Gasteiger partial charge on any atom is -0.406 e. The molecule has 0 aromatic heterocycles. The van der Waals surface area contributed by atoms with Gasteiger partial charge in [-0.3, -0.25) is 9.59 Å². The number of carbonyl (C=O) groups is 2. The van der Waals surface area contributed by atoms with Gasteiger partial charge in [0.15, 0.2) is 5.78 Å². The Morgan fingerprint density at radius 1 is 1.22 bits per heavy atom. The van der Waals surface area contributed by atoms with Gasteiger partial charge in [0.05, 0.1) is 11.6 Å². The van der Waals surface area contributed by atoms with Crippen molar-refractivity contribution < 1.29 is 32.2 Å². The minimum atomic E-state index is -4.86. The maximum absolute atomic E-state index is 13.1. The summed E-state index contributed by atoms with van der Waals surface area (Å²) >= 11 is 6.15. The van der Waals surface area contributed by atoms with Crippen LogP contribution < -0.4 is 10.1 Å². The van der Waals surface area contributed by atoms with E-state index in [1.807, 2.05) is 0 Å². The Morgan fingerprint density at radius 3 is 2.37 bits per heavy atom. The molecular formula is C18H19ClF3NO4. The third-order valence-corrected chi connectivity index (χ3v) is 5.62. The molecule has 1 aliphatic heterocycles. The number of nitrogens with one attached hydrogen (secondary N) is 1. The highest BCUT2D eigenvalue weighted by molar-refractivity contribution is 6.33. The van der Waals surface area contributed by atoms with Crippen LogP contribution in [0.15, 0.2) is 12.1 Å². The van der Waals surface area contributed by atoms with Gasteiger partial charge in [0.1, 0.15) is 11.7 Å². The quantitative estimate of drug-likeness (QED) is 0.779. The predicted octanol–water partition coefficient (Wildman–Crippen LogP) is 3.66. The Bertz CT molecular complexity index is 749. The number of halogens is 4. The van der Waals surface area contributed by atoms with Crippen LogP contribution in [0.4, 0.5) is 13.2 Å². The molecule has 1 aliphatic carbocycles. The lowest BCUT2D eigenvalue weighted by Crippen LogP contribution is -2.50. The minimum absolute atomic E-state index is 0.0449. The maximum atomic E-state index is 13.1. The molecule has 0 radical (unpaired) electrons. The lowest BCUT2D eigenvalue weighted by atomic mass is 9.75. The summed E-state index contributed by atoms with van der Waals surface area (Å²) in [4.78, 5) is 25.7. The first-order valence-corrected chi connectivity index (χ1v) is 8.89. The van der Waals surface area contributed by atoms with Crippen molar-refractivity contribution in [3.63, 3.8) is 0 Å². The molecule has 1 spiro atoms. The summed E-state index contributed by atoms with van der Waals surface area (Å²) in [6, 6.07) is 2.10. The number of ether oxygens (including phenoxy) is 2. The molecule has 1 unspecified atom stereocenters. The second-order valence-corrected chi connectivity index (χ2v) is 7.39. The Kier molecular flexibility index (Phi) is 5.16. The largest absolute Gasteiger partial charge is 0.573 e. The molecule has 1 amide bonds. The van der Waals surface area contributed by atoms with E-state index in [0.717, 1.165) is 12.1 Å². The van der Waals surface area contributed by atoms with E-state index in [4.69, 9.17) is 16.3 Å². The van der Waals surface area contributed by atoms with Crippen LogP contribution in [0.25, 0.3) is 0 Å². The summed E-state index contributed by atoms with van der Waals surface area (Å²) in [6.45, 7) is 1.50. The lowest BCUT2D eigenvalue weighted by Gasteiger charge is -2.35. The molecule has 5 nitrogen and oxygen atoms in total. The van der Waals surface area contributed by atoms with Gasteiger partial charge in [-0.1, -0.05) is 11.6 Å². The van der Waals surface area contributed by atoms with Gasteiger partial charge in [-0.2, -0.15) is 0 Å². The van der Waals surface area contributed by atoms with E-state index in [0.29, 0.717) is 25.7 Å². The standard InChI is InChI=1S/C18H19ClF3NO4/c1-9-7-11(27-18(20,21)22)8-12(19)13(9)14-15(24)17(23-16(14)25)5-3-10(26-2)4-6-17/h7-8,10,14H,3-6H2,1-2H3,(H,23,25). The molecule has 3 rings (SSSR count). The van der Waals surface area contributed by atoms with E-state index >= 15 is 0 Å². The first-order chi connectivity index (χ1) is 12.6. The molecule has 1 saturated heterocycles. The van der Waals surface area contributed by atoms with Crippen LogP contribution in [0.1, 0.15) is 42.7 Å². The SMILES string of the molecule is COC1CCC2(CC1)NC(=O)C(c1c(C)cc(OC(F)(F)F)cc1Cl)C2=O. The van der Waals surface area contributed by atoms with Gasteiger partial charge >= 0.3 is 6.36 Å². The molecule has 0 bridgehead atoms. The average molecular weight is 406 g/mol. The number of alkyl halides is 3. The first-order valence-electron chi connectivity index (χ1n) is 8.51. The van der Waals surface area contributed by atoms with E-state index in [9.17, 15) is 22.8 Å². The van der Waals surface area contributed by atoms with E-state index in [1.54, 1.807) is 7.11 Å². The number of aryl methyl sites for hydroxylation is 1. The number of methoxy groups -OCH3 is 1. The van der Waals surface area contributed by atoms with Crippen molar-refractivity contribution in [1.29, 1.82) is 0 Å². The van der Waals surface area contributed by atoms with Crippen LogP contribution >= 0.6 is 11.6 Å². The monoisotopic (exact) mass is 405 g/mol. The second kappa shape index (κ2) is 6.98. The number of Topliss-reactive ketones (excluding diaryl/α,β-unsaturated/α-hetero) is 1. The molecule has 1 N–H and O–H groups in total. The zero-order valence-corrected chi connectivity index (χ0v) is 15.5. The third-order valence-electron chi connectivity index (χ3n) is 5.31. The number of rotatable bonds is 3. The van der Waals surface area contributed by atoms with Crippen LogP contribution in [0.2, 0.25) is 5.02 Å². The van der Waals surface area contributed by atoms with Crippen LogP contribution in [-0.4, -0.2) is 36.8 Å². The molecule has 1 heterocycles. The fraction of sp³-hybridized carbons (Fsp3) is 0.556. The van der Waals surface area contributed by atoms with Crippen molar-refractivity contribution in [2.45, 2.75) is 56.5 Å². The van der Waals surface area contributed by atoms with Crippen molar-refractivity contribution >= 4 is 23.3 Å². The fourth-order valence-electron chi connectivity index (χ4n) is 4.00. The van der Waals surface area contributed by atoms with Crippen LogP contribution in [0.3, 0.4) is 0 Å². The molecule has 148 valence electrons. The second-order valence-electron chi connectivity index (χ2n) is 6.99. The zero-order valence-electron chi connectivity index (χ0n) is 14.8. The topological polar surface area (TPSA) is 64.6 Å². The van der Waals surface area contributed by atoms with Crippen LogP contribution in [0, 0.1) is 6.92 Å². The van der Waals surface area contributed by atoms with Gasteiger partial charge in [-0.05, 0) is 55.9 Å². The van der Waals surface area contributed by atoms with E-state index in [1.165, 1.54) is 6.92 Å². The Labute approximate surface area is 159 Å². The number of ketones is 1. The first kappa shape index (κ1) is 19.9. The predicted molar refractivity (Wildman–Crippen MR) is 90.8 cm³/mol. The molecule has 27 heavy (non-hydrogen) atoms. The lowest BCUT2D eigenvalue weighted by molar-refractivity contribution is -0.274. The van der Waals surface area contributed by atoms with Crippen molar-refractivity contribution in [3.8, 4) is 5.75 Å². The smallest absolute Gasteiger partial charge is 0.406 e. The number of carbonyl (C=O) groups excluding carboxylic acids is 2. The number of amides is 1. The summed E-state index contributed by atoms with van der Waals surface area (Å²) in [5.74, 6) is -2.41. The highest BCUT2D eigenvalue weighted by atomic mass is 35.5. The average Bonchev–Trinajstić information content (AvgIpc) is 2.78. The van der Waals surface area contributed by atoms with E-state index in [2.05, 4.69) is 10.1 Å². The summed E-state index contributed by atoms with van der Waals surface area (Å²) in [7, 11) is 1.61. The Hall–Kier alpha value is -1.80. The summed E-state index contributed by atoms with van der Waals surface area (Å²) < 4.78 is 46.5. The van der Waals surface area contributed by atoms with Crippen molar-refractivity contribution in [2.75, 3.05) is 7.11 Å². The number of hydrogen-bond donors (Lipinski definition) is 1. The molecule has 1 aromatic rings. The van der Waals surface area contributed by atoms with Gasteiger partial charge in [0.25, 0.3) is 0 Å². The van der Waals surface area contributed by atoms with Gasteiger partial charge in [0.2, 0.25) is 5.91 Å². The number of benzene rings is 1. The normalized spacial score (nSPS) is 28.5. The Balaban J connectivity index is 1.90. The number of hydrogen-bond acceptors (Lipinski definition) is 4. The van der Waals surface area contributed by atoms with E-state index in [-0.39, 0.29) is 28.0 Å². The summed E-state index contributed by atoms with van der Waals surface area (Å²) in [6.07, 6.45) is -2.62. The van der Waals surface area contributed by atoms with Crippen molar-refractivity contribution in [3.05, 3.63) is 28.3 Å². The molecule has 1 saturated carbocycles. The summed E-state index contributed by atoms with van der Waals surface area (Å²) in [5, 5.41) is 2.70. The highest BCUT2D eigenvalue weighted by Crippen LogP contribution is 2.43. The molecule has 9 heteroatoms. The maximum Gasteiger partial charge on any atom is 0.573 e. The van der Waals surface area contributed by atoms with Crippen LogP contribution in [0.5, 0.6) is 5.75 Å². The van der Waals surface area contributed by atoms with Crippen molar-refractivity contribution in [2.24, 2.45) is 0 Å². The van der Waals surface area contributed by atoms with Crippen LogP contribution in [-0.2, 0) is 14.3 Å². The molecular weight excluding hydrogens is 387 g/mol. The van der Waals surface area contributed by atoms with Gasteiger partial charge in [0, 0.05) is 12.1 Å². The van der Waals surface area contributed by atoms with Crippen molar-refractivity contribution in [1.82, 2.24) is 5.32 Å².